The lowest BCUT2D eigenvalue weighted by Gasteiger charge is -2.35. The molecule has 0 saturated carbocycles. The minimum atomic E-state index is -1.24. The van der Waals surface area contributed by atoms with Gasteiger partial charge in [-0.3, -0.25) is 24.6 Å². The van der Waals surface area contributed by atoms with Crippen molar-refractivity contribution in [2.24, 2.45) is 17.8 Å². The van der Waals surface area contributed by atoms with Crippen LogP contribution in [-0.4, -0.2) is 47.4 Å². The van der Waals surface area contributed by atoms with E-state index in [2.05, 4.69) is 24.1 Å². The number of likely N-dealkylation sites (tertiary alicyclic amines) is 1. The summed E-state index contributed by atoms with van der Waals surface area (Å²) < 4.78 is 5.05. The number of nitrogens with one attached hydrogen (secondary N) is 1. The number of hydrogen-bond acceptors (Lipinski definition) is 7. The van der Waals surface area contributed by atoms with Gasteiger partial charge in [0.25, 0.3) is 0 Å². The Balaban J connectivity index is 2.14. The zero-order chi connectivity index (χ0) is 19.4. The Hall–Kier alpha value is -1.80. The third-order valence-corrected chi connectivity index (χ3v) is 6.59. The van der Waals surface area contributed by atoms with Crippen LogP contribution < -0.4 is 5.32 Å². The fourth-order valence-corrected chi connectivity index (χ4v) is 5.20. The monoisotopic (exact) mass is 379 g/mol. The van der Waals surface area contributed by atoms with E-state index in [1.165, 1.54) is 25.5 Å². The fourth-order valence-electron chi connectivity index (χ4n) is 4.13. The van der Waals surface area contributed by atoms with Crippen molar-refractivity contribution >= 4 is 29.1 Å². The number of hydrogen-bond donors (Lipinski definition) is 1. The van der Waals surface area contributed by atoms with E-state index in [9.17, 15) is 14.4 Å². The molecule has 2 amide bonds. The van der Waals surface area contributed by atoms with Gasteiger partial charge in [-0.15, -0.1) is 11.3 Å². The van der Waals surface area contributed by atoms with E-state index in [1.54, 1.807) is 0 Å². The quantitative estimate of drug-likeness (QED) is 0.633. The maximum Gasteiger partial charge on any atom is 0.327 e. The molecule has 3 heterocycles. The van der Waals surface area contributed by atoms with Crippen molar-refractivity contribution in [2.75, 3.05) is 14.2 Å². The van der Waals surface area contributed by atoms with Crippen molar-refractivity contribution < 1.29 is 19.1 Å². The van der Waals surface area contributed by atoms with Gasteiger partial charge in [0.2, 0.25) is 11.8 Å². The highest BCUT2D eigenvalue weighted by molar-refractivity contribution is 7.09. The van der Waals surface area contributed by atoms with E-state index in [0.29, 0.717) is 0 Å². The molecule has 8 heteroatoms. The lowest BCUT2D eigenvalue weighted by atomic mass is 9.73. The molecule has 142 valence electrons. The number of fused-ring (bicyclic) bond motifs is 1. The van der Waals surface area contributed by atoms with Crippen molar-refractivity contribution in [1.29, 1.82) is 0 Å². The SMILES string of the molecule is COC(=O)[C@@]1(C(C)C)N[C@@H](c2nc(C(C)C)cs2)[C@H]2C(=O)N(C)C(=O)[C@H]21. The summed E-state index contributed by atoms with van der Waals surface area (Å²) in [6.07, 6.45) is 0. The van der Waals surface area contributed by atoms with Gasteiger partial charge >= 0.3 is 5.97 Å². The number of rotatable bonds is 4. The van der Waals surface area contributed by atoms with E-state index >= 15 is 0 Å². The molecule has 26 heavy (non-hydrogen) atoms. The van der Waals surface area contributed by atoms with Gasteiger partial charge < -0.3 is 4.74 Å². The van der Waals surface area contributed by atoms with E-state index < -0.39 is 29.4 Å². The lowest BCUT2D eigenvalue weighted by Crippen LogP contribution is -2.59. The predicted molar refractivity (Wildman–Crippen MR) is 96.4 cm³/mol. The Kier molecular flexibility index (Phi) is 4.69. The first-order valence-electron chi connectivity index (χ1n) is 8.79. The zero-order valence-corrected chi connectivity index (χ0v) is 16.7. The van der Waals surface area contributed by atoms with Crippen molar-refractivity contribution in [3.63, 3.8) is 0 Å². The van der Waals surface area contributed by atoms with Gasteiger partial charge in [0.1, 0.15) is 10.5 Å². The van der Waals surface area contributed by atoms with Crippen LogP contribution in [0.5, 0.6) is 0 Å². The topological polar surface area (TPSA) is 88.6 Å². The van der Waals surface area contributed by atoms with Crippen LogP contribution in [0.2, 0.25) is 0 Å². The smallest absolute Gasteiger partial charge is 0.327 e. The summed E-state index contributed by atoms with van der Waals surface area (Å²) in [6, 6.07) is -0.486. The summed E-state index contributed by atoms with van der Waals surface area (Å²) in [5.74, 6) is -2.54. The number of nitrogens with zero attached hydrogens (tertiary/aromatic N) is 2. The van der Waals surface area contributed by atoms with Crippen LogP contribution >= 0.6 is 11.3 Å². The van der Waals surface area contributed by atoms with E-state index in [-0.39, 0.29) is 23.7 Å². The van der Waals surface area contributed by atoms with Gasteiger partial charge in [-0.2, -0.15) is 0 Å². The maximum atomic E-state index is 12.9. The third-order valence-electron chi connectivity index (χ3n) is 5.65. The fraction of sp³-hybridized carbons (Fsp3) is 0.667. The number of thiazole rings is 1. The lowest BCUT2D eigenvalue weighted by molar-refractivity contribution is -0.156. The minimum Gasteiger partial charge on any atom is -0.468 e. The van der Waals surface area contributed by atoms with Gasteiger partial charge in [-0.25, -0.2) is 4.98 Å². The molecular weight excluding hydrogens is 354 g/mol. The van der Waals surface area contributed by atoms with Crippen molar-refractivity contribution in [3.8, 4) is 0 Å². The van der Waals surface area contributed by atoms with Crippen LogP contribution in [0.25, 0.3) is 0 Å². The second kappa shape index (κ2) is 6.42. The maximum absolute atomic E-state index is 12.9. The molecule has 0 aliphatic carbocycles. The molecule has 1 aromatic rings. The van der Waals surface area contributed by atoms with Gasteiger partial charge in [0, 0.05) is 12.4 Å². The minimum absolute atomic E-state index is 0.236. The molecule has 1 N–H and O–H groups in total. The summed E-state index contributed by atoms with van der Waals surface area (Å²) in [5, 5.41) is 6.01. The van der Waals surface area contributed by atoms with Gasteiger partial charge in [-0.05, 0) is 11.8 Å². The summed E-state index contributed by atoms with van der Waals surface area (Å²) >= 11 is 1.45. The molecule has 4 atom stereocenters. The molecule has 0 radical (unpaired) electrons. The van der Waals surface area contributed by atoms with Crippen molar-refractivity contribution in [3.05, 3.63) is 16.1 Å². The molecule has 1 aromatic heterocycles. The second-order valence-corrected chi connectivity index (χ2v) is 8.53. The first-order valence-corrected chi connectivity index (χ1v) is 9.67. The van der Waals surface area contributed by atoms with Gasteiger partial charge in [-0.1, -0.05) is 27.7 Å². The summed E-state index contributed by atoms with van der Waals surface area (Å²) in [4.78, 5) is 44.3. The normalized spacial score (nSPS) is 31.2. The summed E-state index contributed by atoms with van der Waals surface area (Å²) in [7, 11) is 2.78. The standard InChI is InChI=1S/C18H25N3O4S/c1-8(2)10-7-26-14(19-10)13-11-12(16(23)21(5)15(11)22)18(20-13,9(3)4)17(24)25-6/h7-9,11-13,20H,1-6H3/t11-,12-,13+,18-/m0/s1. The van der Waals surface area contributed by atoms with Crippen LogP contribution in [0, 0.1) is 17.8 Å². The Morgan fingerprint density at radius 2 is 1.96 bits per heavy atom. The van der Waals surface area contributed by atoms with Crippen LogP contribution in [0.15, 0.2) is 5.38 Å². The number of ether oxygens (including phenoxy) is 1. The third kappa shape index (κ3) is 2.42. The Morgan fingerprint density at radius 3 is 2.46 bits per heavy atom. The average Bonchev–Trinajstić information content (AvgIpc) is 3.26. The van der Waals surface area contributed by atoms with Crippen LogP contribution in [-0.2, 0) is 19.1 Å². The van der Waals surface area contributed by atoms with E-state index in [4.69, 9.17) is 4.74 Å². The Bertz CT molecular complexity index is 759. The van der Waals surface area contributed by atoms with Gasteiger partial charge in [0.05, 0.1) is 30.7 Å². The molecule has 0 unspecified atom stereocenters. The molecule has 2 fully saturated rings. The summed E-state index contributed by atoms with van der Waals surface area (Å²) in [6.45, 7) is 7.82. The van der Waals surface area contributed by atoms with Crippen molar-refractivity contribution in [2.45, 2.75) is 45.2 Å². The van der Waals surface area contributed by atoms with E-state index in [1.807, 2.05) is 19.2 Å². The average molecular weight is 379 g/mol. The number of carbonyl (C=O) groups is 3. The Morgan fingerprint density at radius 1 is 1.31 bits per heavy atom. The Labute approximate surface area is 157 Å². The number of esters is 1. The van der Waals surface area contributed by atoms with Crippen molar-refractivity contribution in [1.82, 2.24) is 15.2 Å². The highest BCUT2D eigenvalue weighted by atomic mass is 32.1. The first kappa shape index (κ1) is 19.0. The van der Waals surface area contributed by atoms with Crippen LogP contribution in [0.3, 0.4) is 0 Å². The molecule has 7 nitrogen and oxygen atoms in total. The molecule has 2 aliphatic rings. The number of amides is 2. The summed E-state index contributed by atoms with van der Waals surface area (Å²) in [5.41, 5.74) is -0.306. The number of aromatic nitrogens is 1. The van der Waals surface area contributed by atoms with E-state index in [0.717, 1.165) is 15.6 Å². The molecule has 0 aromatic carbocycles. The second-order valence-electron chi connectivity index (χ2n) is 7.64. The number of carbonyl (C=O) groups excluding carboxylic acids is 3. The zero-order valence-electron chi connectivity index (χ0n) is 15.9. The number of imide groups is 1. The highest BCUT2D eigenvalue weighted by Gasteiger charge is 2.69. The molecule has 0 bridgehead atoms. The molecule has 0 spiro atoms. The highest BCUT2D eigenvalue weighted by Crippen LogP contribution is 2.51. The molecule has 2 saturated heterocycles. The van der Waals surface area contributed by atoms with Gasteiger partial charge in [0.15, 0.2) is 0 Å². The number of methoxy groups -OCH3 is 1. The molecular formula is C18H25N3O4S. The largest absolute Gasteiger partial charge is 0.468 e. The molecule has 3 rings (SSSR count). The first-order chi connectivity index (χ1) is 12.2. The van der Waals surface area contributed by atoms with Crippen LogP contribution in [0.4, 0.5) is 0 Å². The predicted octanol–water partition coefficient (Wildman–Crippen LogP) is 1.71. The molecule has 2 aliphatic heterocycles. The van der Waals surface area contributed by atoms with Crippen LogP contribution in [0.1, 0.15) is 50.4 Å².